The number of amides is 2. The predicted octanol–water partition coefficient (Wildman–Crippen LogP) is 2.99. The summed E-state index contributed by atoms with van der Waals surface area (Å²) < 4.78 is 0. The van der Waals surface area contributed by atoms with Gasteiger partial charge in [-0.15, -0.1) is 0 Å². The Morgan fingerprint density at radius 1 is 1.22 bits per heavy atom. The van der Waals surface area contributed by atoms with Gasteiger partial charge >= 0.3 is 0 Å². The first-order valence-electron chi connectivity index (χ1n) is 8.23. The van der Waals surface area contributed by atoms with E-state index in [1.54, 1.807) is 0 Å². The normalized spacial score (nSPS) is 18.4. The molecule has 0 saturated carbocycles. The lowest BCUT2D eigenvalue weighted by Gasteiger charge is -2.26. The average Bonchev–Trinajstić information content (AvgIpc) is 2.65. The summed E-state index contributed by atoms with van der Waals surface area (Å²) in [6.07, 6.45) is 0.395. The molecule has 1 aliphatic heterocycles. The molecule has 0 radical (unpaired) electrons. The molecule has 126 valence electrons. The van der Waals surface area contributed by atoms with E-state index in [1.807, 2.05) is 37.8 Å². The van der Waals surface area contributed by atoms with Crippen LogP contribution in [0.3, 0.4) is 0 Å². The zero-order valence-electron chi connectivity index (χ0n) is 15.1. The molecule has 1 heterocycles. The Morgan fingerprint density at radius 3 is 2.30 bits per heavy atom. The third-order valence-electron chi connectivity index (χ3n) is 4.12. The van der Waals surface area contributed by atoms with Crippen molar-refractivity contribution in [2.75, 3.05) is 13.1 Å². The summed E-state index contributed by atoms with van der Waals surface area (Å²) in [5, 5.41) is 3.04. The molecule has 2 rings (SSSR count). The van der Waals surface area contributed by atoms with E-state index in [-0.39, 0.29) is 23.3 Å². The molecule has 23 heavy (non-hydrogen) atoms. The Kier molecular flexibility index (Phi) is 4.83. The largest absolute Gasteiger partial charge is 0.347 e. The molecule has 2 amide bonds. The van der Waals surface area contributed by atoms with E-state index >= 15 is 0 Å². The third-order valence-corrected chi connectivity index (χ3v) is 4.12. The first kappa shape index (κ1) is 17.5. The van der Waals surface area contributed by atoms with E-state index in [4.69, 9.17) is 0 Å². The maximum Gasteiger partial charge on any atom is 0.252 e. The molecule has 1 atom stereocenters. The maximum atomic E-state index is 12.6. The topological polar surface area (TPSA) is 49.4 Å². The minimum absolute atomic E-state index is 0.0681. The summed E-state index contributed by atoms with van der Waals surface area (Å²) in [6, 6.07) is 3.94. The molecule has 4 nitrogen and oxygen atoms in total. The first-order valence-corrected chi connectivity index (χ1v) is 8.23. The van der Waals surface area contributed by atoms with Gasteiger partial charge in [-0.1, -0.05) is 38.5 Å². The van der Waals surface area contributed by atoms with Crippen LogP contribution in [0.25, 0.3) is 0 Å². The maximum absolute atomic E-state index is 12.6. The number of likely N-dealkylation sites (tertiary alicyclic amines) is 1. The number of benzene rings is 1. The summed E-state index contributed by atoms with van der Waals surface area (Å²) in [5.41, 5.74) is 3.92. The number of carbonyl (C=O) groups is 2. The number of hydrogen-bond donors (Lipinski definition) is 1. The Balaban J connectivity index is 2.06. The van der Waals surface area contributed by atoms with Crippen molar-refractivity contribution in [3.63, 3.8) is 0 Å². The molecule has 1 aromatic rings. The van der Waals surface area contributed by atoms with Crippen molar-refractivity contribution in [3.8, 4) is 0 Å². The molecule has 0 bridgehead atoms. The van der Waals surface area contributed by atoms with E-state index < -0.39 is 0 Å². The van der Waals surface area contributed by atoms with Crippen molar-refractivity contribution >= 4 is 11.8 Å². The summed E-state index contributed by atoms with van der Waals surface area (Å²) in [7, 11) is 0. The quantitative estimate of drug-likeness (QED) is 0.932. The monoisotopic (exact) mass is 316 g/mol. The van der Waals surface area contributed by atoms with E-state index in [0.29, 0.717) is 13.0 Å². The molecule has 0 unspecified atom stereocenters. The minimum atomic E-state index is -0.0996. The predicted molar refractivity (Wildman–Crippen MR) is 92.6 cm³/mol. The zero-order valence-corrected chi connectivity index (χ0v) is 15.1. The number of nitrogens with one attached hydrogen (secondary N) is 1. The van der Waals surface area contributed by atoms with Gasteiger partial charge in [0.25, 0.3) is 5.91 Å². The number of nitrogens with zero attached hydrogens (tertiary/aromatic N) is 1. The van der Waals surface area contributed by atoms with Crippen molar-refractivity contribution in [1.82, 2.24) is 10.2 Å². The molecule has 0 aliphatic carbocycles. The van der Waals surface area contributed by atoms with E-state index in [0.717, 1.165) is 28.8 Å². The van der Waals surface area contributed by atoms with Gasteiger partial charge in [-0.2, -0.15) is 0 Å². The Hall–Kier alpha value is -1.84. The number of carbonyl (C=O) groups excluding carboxylic acids is 2. The van der Waals surface area contributed by atoms with Crippen LogP contribution < -0.4 is 5.32 Å². The first-order chi connectivity index (χ1) is 10.6. The van der Waals surface area contributed by atoms with Crippen molar-refractivity contribution < 1.29 is 9.59 Å². The third kappa shape index (κ3) is 4.34. The highest BCUT2D eigenvalue weighted by atomic mass is 16.2. The Bertz CT molecular complexity index is 606. The van der Waals surface area contributed by atoms with Gasteiger partial charge in [0, 0.05) is 25.1 Å². The van der Waals surface area contributed by atoms with Crippen molar-refractivity contribution in [2.45, 2.75) is 54.0 Å². The lowest BCUT2D eigenvalue weighted by molar-refractivity contribution is -0.128. The van der Waals surface area contributed by atoms with Gasteiger partial charge in [0.1, 0.15) is 0 Å². The lowest BCUT2D eigenvalue weighted by Crippen LogP contribution is -2.39. The fourth-order valence-corrected chi connectivity index (χ4v) is 3.39. The van der Waals surface area contributed by atoms with E-state index in [2.05, 4.69) is 26.1 Å². The summed E-state index contributed by atoms with van der Waals surface area (Å²) in [5.74, 6) is 0.0537. The van der Waals surface area contributed by atoms with E-state index in [9.17, 15) is 9.59 Å². The molecule has 1 saturated heterocycles. The Labute approximate surface area is 139 Å². The molecule has 1 N–H and O–H groups in total. The van der Waals surface area contributed by atoms with Gasteiger partial charge < -0.3 is 10.2 Å². The number of rotatable bonds is 3. The lowest BCUT2D eigenvalue weighted by atomic mass is 9.96. The molecule has 0 spiro atoms. The van der Waals surface area contributed by atoms with Crippen molar-refractivity contribution in [2.24, 2.45) is 5.41 Å². The zero-order chi connectivity index (χ0) is 17.4. The highest BCUT2D eigenvalue weighted by Crippen LogP contribution is 2.21. The van der Waals surface area contributed by atoms with Crippen molar-refractivity contribution in [3.05, 3.63) is 34.4 Å². The molecule has 0 aromatic heterocycles. The SMILES string of the molecule is Cc1cc(C)c(C(=O)N[C@@H]2CC(=O)N(CC(C)(C)C)C2)c(C)c1. The average molecular weight is 316 g/mol. The van der Waals surface area contributed by atoms with Crippen LogP contribution >= 0.6 is 0 Å². The van der Waals surface area contributed by atoms with Gasteiger partial charge in [-0.3, -0.25) is 9.59 Å². The van der Waals surface area contributed by atoms with Crippen LogP contribution in [0.4, 0.5) is 0 Å². The van der Waals surface area contributed by atoms with Gasteiger partial charge in [0.2, 0.25) is 5.91 Å². The van der Waals surface area contributed by atoms with Crippen LogP contribution in [0.1, 0.15) is 54.2 Å². The van der Waals surface area contributed by atoms with Crippen LogP contribution in [0.2, 0.25) is 0 Å². The number of hydrogen-bond acceptors (Lipinski definition) is 2. The smallest absolute Gasteiger partial charge is 0.252 e. The molecule has 1 aliphatic rings. The molecular weight excluding hydrogens is 288 g/mol. The fraction of sp³-hybridized carbons (Fsp3) is 0.579. The number of aryl methyl sites for hydroxylation is 3. The van der Waals surface area contributed by atoms with Gasteiger partial charge in [0.15, 0.2) is 0 Å². The van der Waals surface area contributed by atoms with Gasteiger partial charge in [0.05, 0.1) is 6.04 Å². The molecule has 1 fully saturated rings. The second kappa shape index (κ2) is 6.34. The summed E-state index contributed by atoms with van der Waals surface area (Å²) in [6.45, 7) is 13.6. The Morgan fingerprint density at radius 2 is 1.78 bits per heavy atom. The highest BCUT2D eigenvalue weighted by molar-refractivity contribution is 5.97. The van der Waals surface area contributed by atoms with Gasteiger partial charge in [-0.05, 0) is 37.3 Å². The summed E-state index contributed by atoms with van der Waals surface area (Å²) in [4.78, 5) is 26.6. The van der Waals surface area contributed by atoms with Crippen LogP contribution in [-0.2, 0) is 4.79 Å². The molecule has 1 aromatic carbocycles. The second-order valence-corrected chi connectivity index (χ2v) is 7.98. The molecular formula is C19H28N2O2. The van der Waals surface area contributed by atoms with Crippen LogP contribution in [0, 0.1) is 26.2 Å². The van der Waals surface area contributed by atoms with E-state index in [1.165, 1.54) is 0 Å². The summed E-state index contributed by atoms with van der Waals surface area (Å²) >= 11 is 0. The second-order valence-electron chi connectivity index (χ2n) is 7.98. The van der Waals surface area contributed by atoms with Crippen LogP contribution in [-0.4, -0.2) is 35.8 Å². The van der Waals surface area contributed by atoms with Gasteiger partial charge in [-0.25, -0.2) is 0 Å². The fourth-order valence-electron chi connectivity index (χ4n) is 3.39. The standard InChI is InChI=1S/C19H28N2O2/c1-12-7-13(2)17(14(3)8-12)18(23)20-15-9-16(22)21(10-15)11-19(4,5)6/h7-8,15H,9-11H2,1-6H3,(H,20,23)/t15-/m1/s1. The van der Waals surface area contributed by atoms with Crippen molar-refractivity contribution in [1.29, 1.82) is 0 Å². The minimum Gasteiger partial charge on any atom is -0.347 e. The highest BCUT2D eigenvalue weighted by Gasteiger charge is 2.33. The van der Waals surface area contributed by atoms with Crippen LogP contribution in [0.5, 0.6) is 0 Å². The van der Waals surface area contributed by atoms with Crippen LogP contribution in [0.15, 0.2) is 12.1 Å². The molecule has 4 heteroatoms.